The van der Waals surface area contributed by atoms with Crippen molar-refractivity contribution in [3.63, 3.8) is 0 Å². The van der Waals surface area contributed by atoms with Gasteiger partial charge in [0.15, 0.2) is 0 Å². The maximum absolute atomic E-state index is 11.8. The van der Waals surface area contributed by atoms with Crippen molar-refractivity contribution >= 4 is 11.9 Å². The van der Waals surface area contributed by atoms with Crippen LogP contribution in [0.4, 0.5) is 0 Å². The molecule has 0 spiro atoms. The van der Waals surface area contributed by atoms with E-state index in [1.54, 1.807) is 4.90 Å². The average molecular weight is 242 g/mol. The van der Waals surface area contributed by atoms with E-state index in [9.17, 15) is 14.7 Å². The van der Waals surface area contributed by atoms with Gasteiger partial charge in [0.2, 0.25) is 5.91 Å². The summed E-state index contributed by atoms with van der Waals surface area (Å²) in [4.78, 5) is 24.8. The van der Waals surface area contributed by atoms with Crippen LogP contribution in [0.1, 0.15) is 33.1 Å². The van der Waals surface area contributed by atoms with Crippen LogP contribution in [-0.4, -0.2) is 48.1 Å². The van der Waals surface area contributed by atoms with Gasteiger partial charge in [-0.3, -0.25) is 9.59 Å². The van der Waals surface area contributed by atoms with Gasteiger partial charge in [-0.25, -0.2) is 0 Å². The highest BCUT2D eigenvalue weighted by atomic mass is 16.4. The number of carbonyl (C=O) groups is 2. The van der Waals surface area contributed by atoms with Crippen LogP contribution in [0.15, 0.2) is 0 Å². The molecule has 17 heavy (non-hydrogen) atoms. The number of carbonyl (C=O) groups excluding carboxylic acids is 1. The second-order valence-electron chi connectivity index (χ2n) is 4.68. The van der Waals surface area contributed by atoms with Crippen molar-refractivity contribution in [2.75, 3.05) is 26.2 Å². The normalized spacial score (nSPS) is 24.0. The third kappa shape index (κ3) is 3.19. The van der Waals surface area contributed by atoms with Crippen LogP contribution in [-0.2, 0) is 9.59 Å². The van der Waals surface area contributed by atoms with Crippen LogP contribution in [0.5, 0.6) is 0 Å². The molecule has 1 heterocycles. The first-order valence-corrected chi connectivity index (χ1v) is 6.27. The zero-order chi connectivity index (χ0) is 12.9. The monoisotopic (exact) mass is 242 g/mol. The minimum Gasteiger partial charge on any atom is -0.481 e. The Hall–Kier alpha value is -1.10. The van der Waals surface area contributed by atoms with Crippen molar-refractivity contribution in [3.8, 4) is 0 Å². The number of carboxylic acids is 1. The van der Waals surface area contributed by atoms with E-state index in [4.69, 9.17) is 0 Å². The molecule has 0 aromatic rings. The average Bonchev–Trinajstić information content (AvgIpc) is 2.72. The van der Waals surface area contributed by atoms with E-state index in [0.717, 1.165) is 13.0 Å². The summed E-state index contributed by atoms with van der Waals surface area (Å²) in [5.41, 5.74) is -0.712. The molecule has 0 radical (unpaired) electrons. The number of carboxylic acid groups (broad SMARTS) is 1. The molecule has 0 bridgehead atoms. The number of likely N-dealkylation sites (tertiary alicyclic amines) is 1. The summed E-state index contributed by atoms with van der Waals surface area (Å²) in [5.74, 6) is -0.760. The molecule has 1 atom stereocenters. The Balaban J connectivity index is 2.60. The number of hydrogen-bond acceptors (Lipinski definition) is 3. The molecule has 5 heteroatoms. The first-order chi connectivity index (χ1) is 8.05. The first kappa shape index (κ1) is 14.0. The summed E-state index contributed by atoms with van der Waals surface area (Å²) in [6, 6.07) is 0. The molecule has 0 aromatic heterocycles. The van der Waals surface area contributed by atoms with Crippen LogP contribution in [0.25, 0.3) is 0 Å². The van der Waals surface area contributed by atoms with Crippen LogP contribution in [0.3, 0.4) is 0 Å². The maximum Gasteiger partial charge on any atom is 0.311 e. The third-order valence-electron chi connectivity index (χ3n) is 3.41. The van der Waals surface area contributed by atoms with Crippen LogP contribution in [0, 0.1) is 5.41 Å². The van der Waals surface area contributed by atoms with E-state index in [1.165, 1.54) is 0 Å². The zero-order valence-corrected chi connectivity index (χ0v) is 10.7. The molecule has 1 saturated heterocycles. The minimum atomic E-state index is -0.766. The Labute approximate surface area is 102 Å². The molecule has 1 amide bonds. The van der Waals surface area contributed by atoms with Gasteiger partial charge in [0.05, 0.1) is 12.0 Å². The Morgan fingerprint density at radius 3 is 2.65 bits per heavy atom. The first-order valence-electron chi connectivity index (χ1n) is 6.27. The largest absolute Gasteiger partial charge is 0.481 e. The lowest BCUT2D eigenvalue weighted by atomic mass is 9.83. The fourth-order valence-electron chi connectivity index (χ4n) is 2.39. The van der Waals surface area contributed by atoms with Crippen molar-refractivity contribution in [2.45, 2.75) is 33.1 Å². The number of rotatable bonds is 6. The molecule has 0 aromatic carbocycles. The Morgan fingerprint density at radius 1 is 1.41 bits per heavy atom. The lowest BCUT2D eigenvalue weighted by Crippen LogP contribution is -2.40. The van der Waals surface area contributed by atoms with Crippen molar-refractivity contribution in [2.24, 2.45) is 5.41 Å². The predicted octanol–water partition coefficient (Wildman–Crippen LogP) is 0.699. The second kappa shape index (κ2) is 6.00. The topological polar surface area (TPSA) is 69.6 Å². The van der Waals surface area contributed by atoms with Gasteiger partial charge in [-0.1, -0.05) is 20.3 Å². The van der Waals surface area contributed by atoms with Crippen LogP contribution < -0.4 is 5.32 Å². The zero-order valence-electron chi connectivity index (χ0n) is 10.7. The molecule has 1 fully saturated rings. The van der Waals surface area contributed by atoms with E-state index in [2.05, 4.69) is 5.32 Å². The number of likely N-dealkylation sites (N-methyl/N-ethyl adjacent to an activating group) is 1. The Kier molecular flexibility index (Phi) is 4.93. The number of hydrogen-bond donors (Lipinski definition) is 2. The smallest absolute Gasteiger partial charge is 0.311 e. The molecule has 1 unspecified atom stereocenters. The maximum atomic E-state index is 11.8. The highest BCUT2D eigenvalue weighted by molar-refractivity contribution is 5.81. The van der Waals surface area contributed by atoms with E-state index in [0.29, 0.717) is 32.5 Å². The summed E-state index contributed by atoms with van der Waals surface area (Å²) >= 11 is 0. The highest BCUT2D eigenvalue weighted by Crippen LogP contribution is 2.35. The van der Waals surface area contributed by atoms with Crippen molar-refractivity contribution in [3.05, 3.63) is 0 Å². The van der Waals surface area contributed by atoms with Gasteiger partial charge < -0.3 is 15.3 Å². The second-order valence-corrected chi connectivity index (χ2v) is 4.68. The molecule has 1 rings (SSSR count). The lowest BCUT2D eigenvalue weighted by Gasteiger charge is -2.24. The van der Waals surface area contributed by atoms with Gasteiger partial charge >= 0.3 is 5.97 Å². The Morgan fingerprint density at radius 2 is 2.12 bits per heavy atom. The van der Waals surface area contributed by atoms with E-state index in [1.807, 2.05) is 13.8 Å². The fraction of sp³-hybridized carbons (Fsp3) is 0.833. The summed E-state index contributed by atoms with van der Waals surface area (Å²) in [5, 5.41) is 12.3. The van der Waals surface area contributed by atoms with Gasteiger partial charge in [0.25, 0.3) is 0 Å². The molecule has 1 aliphatic heterocycles. The van der Waals surface area contributed by atoms with Crippen LogP contribution in [0.2, 0.25) is 0 Å². The Bertz CT molecular complexity index is 293. The van der Waals surface area contributed by atoms with E-state index < -0.39 is 11.4 Å². The fourth-order valence-corrected chi connectivity index (χ4v) is 2.39. The van der Waals surface area contributed by atoms with Crippen molar-refractivity contribution < 1.29 is 14.7 Å². The molecule has 0 saturated carbocycles. The molecule has 98 valence electrons. The summed E-state index contributed by atoms with van der Waals surface area (Å²) in [6.45, 7) is 5.90. The molecule has 0 aliphatic carbocycles. The lowest BCUT2D eigenvalue weighted by molar-refractivity contribution is -0.149. The number of nitrogens with one attached hydrogen (secondary N) is 1. The number of nitrogens with zero attached hydrogens (tertiary/aromatic N) is 1. The van der Waals surface area contributed by atoms with Gasteiger partial charge in [0, 0.05) is 13.1 Å². The van der Waals surface area contributed by atoms with Crippen molar-refractivity contribution in [1.29, 1.82) is 0 Å². The molecular weight excluding hydrogens is 220 g/mol. The minimum absolute atomic E-state index is 0.00563. The van der Waals surface area contributed by atoms with Gasteiger partial charge in [-0.2, -0.15) is 0 Å². The number of amides is 1. The standard InChI is InChI=1S/C12H22N2O3/c1-3-5-12(11(16)17)6-7-14(9-12)10(15)8-13-4-2/h13H,3-9H2,1-2H3,(H,16,17). The quantitative estimate of drug-likeness (QED) is 0.719. The molecule has 2 N–H and O–H groups in total. The van der Waals surface area contributed by atoms with Gasteiger partial charge in [-0.15, -0.1) is 0 Å². The summed E-state index contributed by atoms with van der Waals surface area (Å²) in [7, 11) is 0. The van der Waals surface area contributed by atoms with Crippen molar-refractivity contribution in [1.82, 2.24) is 10.2 Å². The molecule has 5 nitrogen and oxygen atoms in total. The van der Waals surface area contributed by atoms with Gasteiger partial charge in [-0.05, 0) is 19.4 Å². The van der Waals surface area contributed by atoms with E-state index in [-0.39, 0.29) is 5.91 Å². The highest BCUT2D eigenvalue weighted by Gasteiger charge is 2.45. The summed E-state index contributed by atoms with van der Waals surface area (Å²) < 4.78 is 0. The third-order valence-corrected chi connectivity index (χ3v) is 3.41. The summed E-state index contributed by atoms with van der Waals surface area (Å²) in [6.07, 6.45) is 2.06. The number of aliphatic carboxylic acids is 1. The van der Waals surface area contributed by atoms with Crippen LogP contribution >= 0.6 is 0 Å². The molecular formula is C12H22N2O3. The SMILES string of the molecule is CCCC1(C(=O)O)CCN(C(=O)CNCC)C1. The molecule has 1 aliphatic rings. The predicted molar refractivity (Wildman–Crippen MR) is 64.7 cm³/mol. The van der Waals surface area contributed by atoms with E-state index >= 15 is 0 Å². The van der Waals surface area contributed by atoms with Gasteiger partial charge in [0.1, 0.15) is 0 Å².